The van der Waals surface area contributed by atoms with Gasteiger partial charge in [0.1, 0.15) is 11.9 Å². The number of H-pyrrole nitrogens is 1. The van der Waals surface area contributed by atoms with E-state index in [0.29, 0.717) is 10.9 Å². The number of amides is 1. The summed E-state index contributed by atoms with van der Waals surface area (Å²) in [5.74, 6) is -0.267. The third-order valence-corrected chi connectivity index (χ3v) is 4.84. The van der Waals surface area contributed by atoms with Crippen molar-refractivity contribution in [1.82, 2.24) is 20.2 Å². The quantitative estimate of drug-likeness (QED) is 0.599. The molecule has 0 aliphatic heterocycles. The molecule has 3 aromatic rings. The minimum atomic E-state index is -4.56. The second-order valence-electron chi connectivity index (χ2n) is 7.41. The van der Waals surface area contributed by atoms with Gasteiger partial charge in [-0.25, -0.2) is 4.98 Å². The summed E-state index contributed by atoms with van der Waals surface area (Å²) in [4.78, 5) is 33.4. The molecule has 1 heterocycles. The van der Waals surface area contributed by atoms with Gasteiger partial charge in [-0.3, -0.25) is 14.9 Å². The van der Waals surface area contributed by atoms with Crippen molar-refractivity contribution in [3.8, 4) is 0 Å². The Morgan fingerprint density at radius 2 is 1.74 bits per heavy atom. The third kappa shape index (κ3) is 5.49. The molecule has 0 fully saturated rings. The van der Waals surface area contributed by atoms with Crippen LogP contribution in [0.25, 0.3) is 10.9 Å². The second kappa shape index (κ2) is 9.30. The first-order valence-corrected chi connectivity index (χ1v) is 9.79. The number of nitrogens with zero attached hydrogens (tertiary/aromatic N) is 2. The molecular weight excluding hydrogens is 409 g/mol. The Bertz CT molecular complexity index is 1100. The number of rotatable bonds is 7. The van der Waals surface area contributed by atoms with Gasteiger partial charge in [-0.05, 0) is 31.5 Å². The molecule has 6 nitrogen and oxygen atoms in total. The molecule has 0 aliphatic rings. The number of hydrogen-bond acceptors (Lipinski definition) is 4. The van der Waals surface area contributed by atoms with E-state index in [4.69, 9.17) is 0 Å². The number of benzene rings is 2. The molecule has 2 N–H and O–H groups in total. The van der Waals surface area contributed by atoms with E-state index in [0.717, 1.165) is 0 Å². The molecule has 0 aliphatic carbocycles. The predicted octanol–water partition coefficient (Wildman–Crippen LogP) is 3.55. The normalized spacial score (nSPS) is 12.8. The lowest BCUT2D eigenvalue weighted by Crippen LogP contribution is -2.45. The van der Waals surface area contributed by atoms with E-state index in [2.05, 4.69) is 15.3 Å². The van der Waals surface area contributed by atoms with Gasteiger partial charge in [0.05, 0.1) is 24.0 Å². The third-order valence-electron chi connectivity index (χ3n) is 4.84. The van der Waals surface area contributed by atoms with Crippen LogP contribution < -0.4 is 10.9 Å². The van der Waals surface area contributed by atoms with Crippen LogP contribution in [-0.2, 0) is 11.3 Å². The topological polar surface area (TPSA) is 78.1 Å². The zero-order valence-electron chi connectivity index (χ0n) is 17.1. The maximum Gasteiger partial charge on any atom is 0.407 e. The van der Waals surface area contributed by atoms with Gasteiger partial charge >= 0.3 is 6.18 Å². The van der Waals surface area contributed by atoms with Crippen LogP contribution in [0.15, 0.2) is 59.4 Å². The van der Waals surface area contributed by atoms with E-state index in [-0.39, 0.29) is 29.5 Å². The molecule has 1 unspecified atom stereocenters. The maximum absolute atomic E-state index is 13.5. The highest BCUT2D eigenvalue weighted by Gasteiger charge is 2.40. The lowest BCUT2D eigenvalue weighted by molar-refractivity contribution is -0.159. The summed E-state index contributed by atoms with van der Waals surface area (Å²) in [6.07, 6.45) is -4.56. The number of fused-ring (bicyclic) bond motifs is 1. The molecule has 1 aromatic heterocycles. The van der Waals surface area contributed by atoms with Crippen molar-refractivity contribution < 1.29 is 18.0 Å². The molecule has 9 heteroatoms. The lowest BCUT2D eigenvalue weighted by atomic mass is 10.1. The summed E-state index contributed by atoms with van der Waals surface area (Å²) in [6.45, 7) is 2.94. The summed E-state index contributed by atoms with van der Waals surface area (Å²) in [5.41, 5.74) is 0.173. The number of hydrogen-bond donors (Lipinski definition) is 2. The molecule has 31 heavy (non-hydrogen) atoms. The van der Waals surface area contributed by atoms with E-state index in [1.807, 2.05) is 0 Å². The molecule has 1 amide bonds. The van der Waals surface area contributed by atoms with E-state index < -0.39 is 24.7 Å². The highest BCUT2D eigenvalue weighted by molar-refractivity contribution is 5.79. The number of carbonyl (C=O) groups is 1. The monoisotopic (exact) mass is 432 g/mol. The molecule has 3 rings (SSSR count). The van der Waals surface area contributed by atoms with Crippen LogP contribution in [0.4, 0.5) is 13.2 Å². The van der Waals surface area contributed by atoms with Gasteiger partial charge in [-0.2, -0.15) is 13.2 Å². The minimum absolute atomic E-state index is 0.0272. The number of aromatic nitrogens is 2. The zero-order valence-corrected chi connectivity index (χ0v) is 17.1. The van der Waals surface area contributed by atoms with Gasteiger partial charge < -0.3 is 9.88 Å². The molecule has 0 saturated carbocycles. The number of halogens is 3. The molecule has 2 aromatic carbocycles. The fourth-order valence-corrected chi connectivity index (χ4v) is 3.29. The van der Waals surface area contributed by atoms with Crippen molar-refractivity contribution in [3.05, 3.63) is 76.3 Å². The second-order valence-corrected chi connectivity index (χ2v) is 7.41. The Morgan fingerprint density at radius 3 is 2.39 bits per heavy atom. The highest BCUT2D eigenvalue weighted by atomic mass is 19.4. The summed E-state index contributed by atoms with van der Waals surface area (Å²) in [6, 6.07) is 11.9. The van der Waals surface area contributed by atoms with Crippen molar-refractivity contribution in [3.63, 3.8) is 0 Å². The Morgan fingerprint density at radius 1 is 1.10 bits per heavy atom. The molecule has 0 bridgehead atoms. The first-order valence-electron chi connectivity index (χ1n) is 9.79. The van der Waals surface area contributed by atoms with Crippen LogP contribution in [0.3, 0.4) is 0 Å². The van der Waals surface area contributed by atoms with Gasteiger partial charge in [0, 0.05) is 6.04 Å². The Balaban J connectivity index is 1.77. The van der Waals surface area contributed by atoms with Crippen molar-refractivity contribution in [2.24, 2.45) is 0 Å². The molecule has 0 saturated heterocycles. The van der Waals surface area contributed by atoms with Crippen LogP contribution in [0, 0.1) is 0 Å². The van der Waals surface area contributed by atoms with Gasteiger partial charge in [0.2, 0.25) is 5.91 Å². The highest BCUT2D eigenvalue weighted by Crippen LogP contribution is 2.32. The maximum atomic E-state index is 13.5. The van der Waals surface area contributed by atoms with Crippen LogP contribution in [0.5, 0.6) is 0 Å². The van der Waals surface area contributed by atoms with Gasteiger partial charge in [0.25, 0.3) is 5.56 Å². The number of para-hydroxylation sites is 1. The number of aromatic amines is 1. The number of alkyl halides is 3. The Hall–Kier alpha value is -3.20. The van der Waals surface area contributed by atoms with E-state index in [1.165, 1.54) is 29.2 Å². The summed E-state index contributed by atoms with van der Waals surface area (Å²) in [5, 5.41) is 2.75. The fraction of sp³-hybridized carbons (Fsp3) is 0.318. The van der Waals surface area contributed by atoms with Crippen LogP contribution in [0.1, 0.15) is 31.3 Å². The van der Waals surface area contributed by atoms with E-state index >= 15 is 0 Å². The lowest BCUT2D eigenvalue weighted by Gasteiger charge is -2.28. The van der Waals surface area contributed by atoms with Gasteiger partial charge in [-0.15, -0.1) is 0 Å². The van der Waals surface area contributed by atoms with Crippen LogP contribution in [0.2, 0.25) is 0 Å². The van der Waals surface area contributed by atoms with Gasteiger partial charge in [-0.1, -0.05) is 42.5 Å². The van der Waals surface area contributed by atoms with Crippen LogP contribution >= 0.6 is 0 Å². The number of nitrogens with one attached hydrogen (secondary N) is 2. The van der Waals surface area contributed by atoms with Gasteiger partial charge in [0.15, 0.2) is 0 Å². The fourth-order valence-electron chi connectivity index (χ4n) is 3.29. The van der Waals surface area contributed by atoms with Crippen molar-refractivity contribution in [2.75, 3.05) is 6.54 Å². The van der Waals surface area contributed by atoms with Crippen molar-refractivity contribution >= 4 is 16.8 Å². The first kappa shape index (κ1) is 22.5. The largest absolute Gasteiger partial charge is 0.407 e. The molecule has 0 radical (unpaired) electrons. The smallest absolute Gasteiger partial charge is 0.332 e. The van der Waals surface area contributed by atoms with E-state index in [1.54, 1.807) is 44.2 Å². The summed E-state index contributed by atoms with van der Waals surface area (Å²) >= 11 is 0. The molecule has 0 spiro atoms. The molecule has 164 valence electrons. The first-order chi connectivity index (χ1) is 14.7. The van der Waals surface area contributed by atoms with Crippen molar-refractivity contribution in [2.45, 2.75) is 38.7 Å². The van der Waals surface area contributed by atoms with Crippen LogP contribution in [-0.4, -0.2) is 39.5 Å². The molecule has 1 atom stereocenters. The van der Waals surface area contributed by atoms with Crippen molar-refractivity contribution in [1.29, 1.82) is 0 Å². The Kier molecular flexibility index (Phi) is 6.74. The minimum Gasteiger partial charge on any atom is -0.332 e. The standard InChI is InChI=1S/C22H23F3N4O2/c1-14(2)29(13-18-27-17-11-7-6-10-16(17)21(31)28-18)19(30)12-26-20(22(23,24)25)15-8-4-3-5-9-15/h3-11,14,20,26H,12-13H2,1-2H3,(H,27,28,31). The Labute approximate surface area is 177 Å². The SMILES string of the molecule is CC(C)N(Cc1nc2ccccc2c(=O)[nH]1)C(=O)CNC(c1ccccc1)C(F)(F)F. The average Bonchev–Trinajstić information content (AvgIpc) is 2.71. The zero-order chi connectivity index (χ0) is 22.6. The van der Waals surface area contributed by atoms with E-state index in [9.17, 15) is 22.8 Å². The predicted molar refractivity (Wildman–Crippen MR) is 111 cm³/mol. The summed E-state index contributed by atoms with van der Waals surface area (Å²) < 4.78 is 40.6. The molecular formula is C22H23F3N4O2. The summed E-state index contributed by atoms with van der Waals surface area (Å²) in [7, 11) is 0. The number of carbonyl (C=O) groups excluding carboxylic acids is 1. The average molecular weight is 432 g/mol.